The summed E-state index contributed by atoms with van der Waals surface area (Å²) >= 11 is 0. The lowest BCUT2D eigenvalue weighted by Crippen LogP contribution is -3.08. The molecule has 1 heterocycles. The van der Waals surface area contributed by atoms with Crippen LogP contribution < -0.4 is 4.90 Å². The number of nitro benzene ring substituents is 1. The van der Waals surface area contributed by atoms with E-state index in [2.05, 4.69) is 0 Å². The minimum Gasteiger partial charge on any atom is -0.302 e. The summed E-state index contributed by atoms with van der Waals surface area (Å²) in [6, 6.07) is 6.94. The van der Waals surface area contributed by atoms with E-state index in [1.54, 1.807) is 12.1 Å². The van der Waals surface area contributed by atoms with E-state index in [1.807, 2.05) is 12.1 Å². The van der Waals surface area contributed by atoms with Crippen molar-refractivity contribution in [3.63, 3.8) is 0 Å². The molecular formula is C11H15N2O2+. The lowest BCUT2D eigenvalue weighted by molar-refractivity contribution is -0.838. The summed E-state index contributed by atoms with van der Waals surface area (Å²) in [5, 5.41) is 10.5. The average molecular weight is 207 g/mol. The third-order valence-electron chi connectivity index (χ3n) is 2.94. The van der Waals surface area contributed by atoms with Crippen molar-refractivity contribution in [2.24, 2.45) is 0 Å². The molecule has 1 aliphatic rings. The third-order valence-corrected chi connectivity index (χ3v) is 2.94. The maximum absolute atomic E-state index is 10.5. The first-order chi connectivity index (χ1) is 7.27. The number of nitrogens with one attached hydrogen (secondary N) is 1. The highest BCUT2D eigenvalue weighted by atomic mass is 16.6. The molecule has 0 aromatic heterocycles. The van der Waals surface area contributed by atoms with Gasteiger partial charge >= 0.3 is 0 Å². The lowest BCUT2D eigenvalue weighted by Gasteiger charge is -2.22. The van der Waals surface area contributed by atoms with Crippen LogP contribution in [0.25, 0.3) is 0 Å². The highest BCUT2D eigenvalue weighted by Gasteiger charge is 2.16. The van der Waals surface area contributed by atoms with Crippen LogP contribution in [0.5, 0.6) is 0 Å². The number of rotatable bonds is 2. The van der Waals surface area contributed by atoms with Gasteiger partial charge in [-0.2, -0.15) is 0 Å². The summed E-state index contributed by atoms with van der Waals surface area (Å²) in [6.07, 6.45) is 3.83. The minimum absolute atomic E-state index is 0.176. The van der Waals surface area contributed by atoms with Gasteiger partial charge in [-0.1, -0.05) is 0 Å². The number of non-ortho nitro benzene ring substituents is 1. The molecule has 80 valence electrons. The molecule has 0 aliphatic carbocycles. The normalized spacial score (nSPS) is 17.6. The van der Waals surface area contributed by atoms with Crippen molar-refractivity contribution in [3.05, 3.63) is 34.4 Å². The van der Waals surface area contributed by atoms with E-state index in [4.69, 9.17) is 0 Å². The van der Waals surface area contributed by atoms with Crippen LogP contribution in [-0.2, 0) is 0 Å². The molecule has 1 fully saturated rings. The van der Waals surface area contributed by atoms with E-state index in [9.17, 15) is 10.1 Å². The highest BCUT2D eigenvalue weighted by molar-refractivity contribution is 5.39. The monoisotopic (exact) mass is 207 g/mol. The Morgan fingerprint density at radius 2 is 1.67 bits per heavy atom. The van der Waals surface area contributed by atoms with E-state index in [0.717, 1.165) is 13.1 Å². The number of hydrogen-bond acceptors (Lipinski definition) is 2. The molecular weight excluding hydrogens is 192 g/mol. The highest BCUT2D eigenvalue weighted by Crippen LogP contribution is 2.13. The first-order valence-electron chi connectivity index (χ1n) is 5.37. The van der Waals surface area contributed by atoms with Gasteiger partial charge in [-0.25, -0.2) is 0 Å². The summed E-state index contributed by atoms with van der Waals surface area (Å²) in [7, 11) is 0. The molecule has 1 saturated heterocycles. The summed E-state index contributed by atoms with van der Waals surface area (Å²) in [4.78, 5) is 11.6. The van der Waals surface area contributed by atoms with Crippen molar-refractivity contribution >= 4 is 11.4 Å². The summed E-state index contributed by atoms with van der Waals surface area (Å²) < 4.78 is 0. The standard InChI is InChI=1S/C11H14N2O2/c14-13(15)11-6-4-10(5-7-11)12-8-2-1-3-9-12/h4-7H,1-3,8-9H2/p+1. The smallest absolute Gasteiger partial charge is 0.269 e. The molecule has 0 amide bonds. The minimum atomic E-state index is -0.352. The molecule has 4 nitrogen and oxygen atoms in total. The Morgan fingerprint density at radius 3 is 2.20 bits per heavy atom. The Morgan fingerprint density at radius 1 is 1.07 bits per heavy atom. The second-order valence-electron chi connectivity index (χ2n) is 3.97. The fourth-order valence-corrected chi connectivity index (χ4v) is 2.09. The number of nitrogens with zero attached hydrogens (tertiary/aromatic N) is 1. The van der Waals surface area contributed by atoms with Gasteiger partial charge in [-0.15, -0.1) is 0 Å². The van der Waals surface area contributed by atoms with Gasteiger partial charge in [0.1, 0.15) is 5.69 Å². The van der Waals surface area contributed by atoms with Crippen LogP contribution in [0, 0.1) is 10.1 Å². The van der Waals surface area contributed by atoms with Gasteiger partial charge in [-0.3, -0.25) is 10.1 Å². The van der Waals surface area contributed by atoms with Crippen molar-refractivity contribution in [1.82, 2.24) is 0 Å². The Labute approximate surface area is 88.7 Å². The Bertz CT molecular complexity index is 342. The van der Waals surface area contributed by atoms with Crippen molar-refractivity contribution in [2.75, 3.05) is 13.1 Å². The Balaban J connectivity index is 2.11. The van der Waals surface area contributed by atoms with E-state index in [-0.39, 0.29) is 10.6 Å². The van der Waals surface area contributed by atoms with Crippen molar-refractivity contribution in [2.45, 2.75) is 19.3 Å². The average Bonchev–Trinajstić information content (AvgIpc) is 2.30. The fourth-order valence-electron chi connectivity index (χ4n) is 2.09. The van der Waals surface area contributed by atoms with E-state index in [1.165, 1.54) is 29.8 Å². The van der Waals surface area contributed by atoms with Gasteiger partial charge in [0.2, 0.25) is 0 Å². The van der Waals surface area contributed by atoms with Gasteiger partial charge in [0, 0.05) is 24.3 Å². The number of nitro groups is 1. The topological polar surface area (TPSA) is 47.6 Å². The van der Waals surface area contributed by atoms with E-state index in [0.29, 0.717) is 0 Å². The maximum atomic E-state index is 10.5. The molecule has 1 aromatic rings. The molecule has 4 heteroatoms. The number of benzene rings is 1. The summed E-state index contributed by atoms with van der Waals surface area (Å²) in [5.41, 5.74) is 1.36. The first kappa shape index (κ1) is 10.1. The van der Waals surface area contributed by atoms with E-state index >= 15 is 0 Å². The molecule has 1 aliphatic heterocycles. The molecule has 15 heavy (non-hydrogen) atoms. The van der Waals surface area contributed by atoms with Crippen molar-refractivity contribution in [3.8, 4) is 0 Å². The van der Waals surface area contributed by atoms with Crippen molar-refractivity contribution in [1.29, 1.82) is 0 Å². The van der Waals surface area contributed by atoms with Crippen LogP contribution in [0.2, 0.25) is 0 Å². The zero-order valence-electron chi connectivity index (χ0n) is 8.61. The Kier molecular flexibility index (Phi) is 2.97. The van der Waals surface area contributed by atoms with Crippen LogP contribution in [0.15, 0.2) is 24.3 Å². The molecule has 0 unspecified atom stereocenters. The van der Waals surface area contributed by atoms with Crippen LogP contribution in [0.4, 0.5) is 11.4 Å². The fraction of sp³-hybridized carbons (Fsp3) is 0.455. The van der Waals surface area contributed by atoms with Gasteiger partial charge < -0.3 is 4.90 Å². The predicted molar refractivity (Wildman–Crippen MR) is 57.3 cm³/mol. The Hall–Kier alpha value is -1.42. The van der Waals surface area contributed by atoms with Crippen LogP contribution in [0.3, 0.4) is 0 Å². The third kappa shape index (κ3) is 2.33. The second-order valence-corrected chi connectivity index (χ2v) is 3.97. The number of hydrogen-bond donors (Lipinski definition) is 1. The molecule has 0 radical (unpaired) electrons. The molecule has 0 saturated carbocycles. The van der Waals surface area contributed by atoms with Gasteiger partial charge in [0.15, 0.2) is 0 Å². The zero-order valence-corrected chi connectivity index (χ0v) is 8.61. The number of piperidine rings is 1. The second kappa shape index (κ2) is 4.40. The summed E-state index contributed by atoms with van der Waals surface area (Å²) in [5.74, 6) is 0. The molecule has 1 aromatic carbocycles. The van der Waals surface area contributed by atoms with Gasteiger partial charge in [0.25, 0.3) is 5.69 Å². The predicted octanol–water partition coefficient (Wildman–Crippen LogP) is 1.30. The largest absolute Gasteiger partial charge is 0.302 e. The SMILES string of the molecule is O=[N+]([O-])c1ccc([NH+]2CCCCC2)cc1. The van der Waals surface area contributed by atoms with Gasteiger partial charge in [-0.05, 0) is 19.3 Å². The first-order valence-corrected chi connectivity index (χ1v) is 5.37. The van der Waals surface area contributed by atoms with E-state index < -0.39 is 0 Å². The zero-order chi connectivity index (χ0) is 10.7. The van der Waals surface area contributed by atoms with Crippen LogP contribution in [0.1, 0.15) is 19.3 Å². The molecule has 0 spiro atoms. The molecule has 0 atom stereocenters. The van der Waals surface area contributed by atoms with Crippen molar-refractivity contribution < 1.29 is 9.82 Å². The maximum Gasteiger partial charge on any atom is 0.269 e. The molecule has 2 rings (SSSR count). The summed E-state index contributed by atoms with van der Waals surface area (Å²) in [6.45, 7) is 2.30. The van der Waals surface area contributed by atoms with Crippen LogP contribution in [-0.4, -0.2) is 18.0 Å². The number of quaternary nitrogens is 1. The quantitative estimate of drug-likeness (QED) is 0.587. The lowest BCUT2D eigenvalue weighted by atomic mass is 10.1. The molecule has 1 N–H and O–H groups in total. The molecule has 0 bridgehead atoms. The van der Waals surface area contributed by atoms with Crippen LogP contribution >= 0.6 is 0 Å². The van der Waals surface area contributed by atoms with Gasteiger partial charge in [0.05, 0.1) is 18.0 Å².